The maximum Gasteiger partial charge on any atom is 0.214 e. The lowest BCUT2D eigenvalue weighted by atomic mass is 9.97. The van der Waals surface area contributed by atoms with Crippen molar-refractivity contribution < 1.29 is 19.0 Å². The Morgan fingerprint density at radius 2 is 1.91 bits per heavy atom. The topological polar surface area (TPSA) is 48.0 Å². The smallest absolute Gasteiger partial charge is 0.214 e. The molecule has 0 aromatic heterocycles. The number of amides is 1. The zero-order chi connectivity index (χ0) is 24.4. The number of rotatable bonds is 9. The van der Waals surface area contributed by atoms with Crippen LogP contribution in [0.3, 0.4) is 0 Å². The highest BCUT2D eigenvalue weighted by molar-refractivity contribution is 6.30. The minimum absolute atomic E-state index is 0.459. The zero-order valence-corrected chi connectivity index (χ0v) is 20.9. The minimum Gasteiger partial charge on any atom is -0.486 e. The summed E-state index contributed by atoms with van der Waals surface area (Å²) in [6.07, 6.45) is 2.93. The summed E-state index contributed by atoms with van der Waals surface area (Å²) in [5, 5.41) is 0.575. The normalized spacial score (nSPS) is 15.5. The fourth-order valence-corrected chi connectivity index (χ4v) is 4.92. The fraction of sp³-hybridized carbons (Fsp3) is 0.345. The van der Waals surface area contributed by atoms with E-state index in [1.54, 1.807) is 4.90 Å². The van der Waals surface area contributed by atoms with Crippen LogP contribution >= 0.6 is 11.6 Å². The number of anilines is 1. The molecule has 0 saturated heterocycles. The summed E-state index contributed by atoms with van der Waals surface area (Å²) < 4.78 is 18.0. The summed E-state index contributed by atoms with van der Waals surface area (Å²) in [6.45, 7) is 5.98. The molecule has 1 aliphatic heterocycles. The van der Waals surface area contributed by atoms with Crippen molar-refractivity contribution in [2.24, 2.45) is 0 Å². The third kappa shape index (κ3) is 5.02. The second kappa shape index (κ2) is 10.3. The van der Waals surface area contributed by atoms with E-state index in [1.807, 2.05) is 43.3 Å². The van der Waals surface area contributed by atoms with Crippen molar-refractivity contribution in [3.05, 3.63) is 87.4 Å². The van der Waals surface area contributed by atoms with Crippen LogP contribution in [-0.2, 0) is 16.1 Å². The fourth-order valence-electron chi connectivity index (χ4n) is 4.74. The van der Waals surface area contributed by atoms with E-state index in [-0.39, 0.29) is 0 Å². The molecule has 5 nitrogen and oxygen atoms in total. The average Bonchev–Trinajstić information content (AvgIpc) is 3.72. The van der Waals surface area contributed by atoms with Crippen molar-refractivity contribution in [3.8, 4) is 11.5 Å². The Bertz CT molecular complexity index is 1220. The quantitative estimate of drug-likeness (QED) is 0.317. The maximum absolute atomic E-state index is 12.4. The molecule has 2 aliphatic rings. The van der Waals surface area contributed by atoms with Crippen LogP contribution in [0.1, 0.15) is 59.6 Å². The number of para-hydroxylation sites is 1. The molecular formula is C29H30ClNO4. The van der Waals surface area contributed by atoms with Crippen LogP contribution in [0.5, 0.6) is 11.5 Å². The third-order valence-electron chi connectivity index (χ3n) is 6.68. The van der Waals surface area contributed by atoms with E-state index in [0.717, 1.165) is 28.8 Å². The van der Waals surface area contributed by atoms with Gasteiger partial charge in [-0.15, -0.1) is 0 Å². The Kier molecular flexibility index (Phi) is 6.98. The van der Waals surface area contributed by atoms with E-state index in [4.69, 9.17) is 25.8 Å². The summed E-state index contributed by atoms with van der Waals surface area (Å²) in [6, 6.07) is 18.0. The van der Waals surface area contributed by atoms with Gasteiger partial charge in [0.1, 0.15) is 19.3 Å². The van der Waals surface area contributed by atoms with Gasteiger partial charge in [-0.2, -0.15) is 0 Å². The number of ether oxygens (including phenoxy) is 3. The molecule has 0 radical (unpaired) electrons. The van der Waals surface area contributed by atoms with Gasteiger partial charge in [0.2, 0.25) is 6.41 Å². The predicted molar refractivity (Wildman–Crippen MR) is 138 cm³/mol. The summed E-state index contributed by atoms with van der Waals surface area (Å²) >= 11 is 6.46. The highest BCUT2D eigenvalue weighted by atomic mass is 35.5. The monoisotopic (exact) mass is 491 g/mol. The summed E-state index contributed by atoms with van der Waals surface area (Å²) in [5.74, 6) is 2.07. The standard InChI is InChI=1S/C29H30ClNO4/c1-3-33-28(24-5-4-6-27-29(24)35-14-13-34-27)25-16-23(30)11-12-26(25)31(18-32)17-22-10-9-21(15-19(22)2)20-7-8-20/h4-6,9-12,15-16,18,20,28H,3,7-8,13-14,17H2,1-2H3/t28-/m1/s1. The number of nitrogens with zero attached hydrogens (tertiary/aromatic N) is 1. The van der Waals surface area contributed by atoms with Crippen LogP contribution < -0.4 is 14.4 Å². The highest BCUT2D eigenvalue weighted by Gasteiger charge is 2.28. The SMILES string of the molecule is CCO[C@@H](c1cc(Cl)ccc1N(C=O)Cc1ccc(C2CC2)cc1C)c1cccc2c1OCCO2. The Morgan fingerprint density at radius 3 is 2.66 bits per heavy atom. The Balaban J connectivity index is 1.54. The van der Waals surface area contributed by atoms with Crippen LogP contribution in [0.15, 0.2) is 54.6 Å². The molecule has 6 heteroatoms. The average molecular weight is 492 g/mol. The van der Waals surface area contributed by atoms with Gasteiger partial charge in [-0.05, 0) is 73.6 Å². The molecular weight excluding hydrogens is 462 g/mol. The number of fused-ring (bicyclic) bond motifs is 1. The van der Waals surface area contributed by atoms with Crippen LogP contribution in [0, 0.1) is 6.92 Å². The van der Waals surface area contributed by atoms with Crippen molar-refractivity contribution in [1.82, 2.24) is 0 Å². The van der Waals surface area contributed by atoms with Gasteiger partial charge in [0.25, 0.3) is 0 Å². The van der Waals surface area contributed by atoms with Crippen molar-refractivity contribution in [2.45, 2.75) is 45.3 Å². The number of aryl methyl sites for hydroxylation is 1. The van der Waals surface area contributed by atoms with E-state index in [0.29, 0.717) is 48.8 Å². The first-order chi connectivity index (χ1) is 17.1. The third-order valence-corrected chi connectivity index (χ3v) is 6.91. The van der Waals surface area contributed by atoms with E-state index >= 15 is 0 Å². The van der Waals surface area contributed by atoms with Crippen molar-refractivity contribution >= 4 is 23.7 Å². The van der Waals surface area contributed by atoms with E-state index in [9.17, 15) is 4.79 Å². The number of benzene rings is 3. The lowest BCUT2D eigenvalue weighted by Crippen LogP contribution is -2.24. The van der Waals surface area contributed by atoms with Gasteiger partial charge in [-0.1, -0.05) is 41.9 Å². The molecule has 3 aromatic rings. The first kappa shape index (κ1) is 23.7. The van der Waals surface area contributed by atoms with E-state index < -0.39 is 6.10 Å². The van der Waals surface area contributed by atoms with Crippen LogP contribution in [0.2, 0.25) is 5.02 Å². The van der Waals surface area contributed by atoms with Crippen LogP contribution in [0.25, 0.3) is 0 Å². The van der Waals surface area contributed by atoms with Crippen LogP contribution in [0.4, 0.5) is 5.69 Å². The minimum atomic E-state index is -0.480. The number of hydrogen-bond donors (Lipinski definition) is 0. The predicted octanol–water partition coefficient (Wildman–Crippen LogP) is 6.59. The molecule has 182 valence electrons. The first-order valence-electron chi connectivity index (χ1n) is 12.2. The number of carbonyl (C=O) groups excluding carboxylic acids is 1. The van der Waals surface area contributed by atoms with Gasteiger partial charge in [0.05, 0.1) is 6.54 Å². The lowest BCUT2D eigenvalue weighted by Gasteiger charge is -2.29. The Hall–Kier alpha value is -3.02. The highest BCUT2D eigenvalue weighted by Crippen LogP contribution is 2.44. The van der Waals surface area contributed by atoms with Crippen molar-refractivity contribution in [2.75, 3.05) is 24.7 Å². The Morgan fingerprint density at radius 1 is 1.09 bits per heavy atom. The molecule has 1 heterocycles. The van der Waals surface area contributed by atoms with Gasteiger partial charge < -0.3 is 19.1 Å². The van der Waals surface area contributed by atoms with E-state index in [1.165, 1.54) is 24.0 Å². The van der Waals surface area contributed by atoms with Gasteiger partial charge in [-0.25, -0.2) is 0 Å². The molecule has 0 spiro atoms. The van der Waals surface area contributed by atoms with Crippen LogP contribution in [-0.4, -0.2) is 26.2 Å². The molecule has 0 unspecified atom stereocenters. The molecule has 3 aromatic carbocycles. The maximum atomic E-state index is 12.4. The summed E-state index contributed by atoms with van der Waals surface area (Å²) in [7, 11) is 0. The van der Waals surface area contributed by atoms with Gasteiger partial charge in [0.15, 0.2) is 11.5 Å². The second-order valence-electron chi connectivity index (χ2n) is 9.10. The summed E-state index contributed by atoms with van der Waals surface area (Å²) in [5.41, 5.74) is 6.11. The largest absolute Gasteiger partial charge is 0.486 e. The first-order valence-corrected chi connectivity index (χ1v) is 12.6. The van der Waals surface area contributed by atoms with E-state index in [2.05, 4.69) is 25.1 Å². The number of carbonyl (C=O) groups is 1. The molecule has 1 saturated carbocycles. The molecule has 5 rings (SSSR count). The molecule has 1 aliphatic carbocycles. The van der Waals surface area contributed by atoms with Crippen molar-refractivity contribution in [1.29, 1.82) is 0 Å². The number of hydrogen-bond acceptors (Lipinski definition) is 4. The lowest BCUT2D eigenvalue weighted by molar-refractivity contribution is -0.107. The molecule has 1 amide bonds. The second-order valence-corrected chi connectivity index (χ2v) is 9.54. The van der Waals surface area contributed by atoms with Gasteiger partial charge >= 0.3 is 0 Å². The molecule has 0 N–H and O–H groups in total. The van der Waals surface area contributed by atoms with Gasteiger partial charge in [0, 0.05) is 28.4 Å². The number of halogens is 1. The Labute approximate surface area is 211 Å². The zero-order valence-electron chi connectivity index (χ0n) is 20.1. The molecule has 0 bridgehead atoms. The molecule has 1 atom stereocenters. The van der Waals surface area contributed by atoms with Crippen molar-refractivity contribution in [3.63, 3.8) is 0 Å². The molecule has 1 fully saturated rings. The van der Waals surface area contributed by atoms with Gasteiger partial charge in [-0.3, -0.25) is 4.79 Å². The summed E-state index contributed by atoms with van der Waals surface area (Å²) in [4.78, 5) is 14.1. The molecule has 35 heavy (non-hydrogen) atoms.